The molecule has 0 atom stereocenters. The van der Waals surface area contributed by atoms with E-state index in [0.29, 0.717) is 41.5 Å². The van der Waals surface area contributed by atoms with Gasteiger partial charge in [0.2, 0.25) is 0 Å². The van der Waals surface area contributed by atoms with Crippen LogP contribution in [0.3, 0.4) is 0 Å². The highest BCUT2D eigenvalue weighted by Crippen LogP contribution is 2.39. The van der Waals surface area contributed by atoms with Crippen LogP contribution in [0.4, 0.5) is 33.2 Å². The molecule has 0 aromatic heterocycles. The summed E-state index contributed by atoms with van der Waals surface area (Å²) in [5.41, 5.74) is 0.0878. The van der Waals surface area contributed by atoms with Crippen LogP contribution in [0.2, 0.25) is 0 Å². The summed E-state index contributed by atoms with van der Waals surface area (Å²) >= 11 is 0. The van der Waals surface area contributed by atoms with Crippen molar-refractivity contribution in [2.24, 2.45) is 0 Å². The van der Waals surface area contributed by atoms with Crippen molar-refractivity contribution in [3.05, 3.63) is 172 Å². The lowest BCUT2D eigenvalue weighted by Gasteiger charge is -2.16. The SMILES string of the molecule is Cc1ccc(C(=O)Cc2ccc(S(=O)(=O)O)c3cc(S(=O)(=O)O)cc(S(=O)(=O)O)c23)cc1NC(=O)c1cccc(NC(=O)Nc2cccc(C(=O)Nc3cc(C(=O)Nc4ccc(S(=O)(=O)O)c5cc(S(=O)(=O)O)cc(S(=O)(=O)O)c45)ccc3C)c2)c1. The summed E-state index contributed by atoms with van der Waals surface area (Å²) in [7, 11) is -31.8. The normalized spacial score (nSPS) is 12.3. The number of nitrogens with one attached hydrogen (secondary N) is 5. The number of fused-ring (bicyclic) bond motifs is 2. The zero-order chi connectivity index (χ0) is 63.4. The van der Waals surface area contributed by atoms with Crippen LogP contribution in [-0.2, 0) is 67.1 Å². The van der Waals surface area contributed by atoms with Crippen LogP contribution in [-0.4, -0.2) is 107 Å². The first-order chi connectivity index (χ1) is 39.8. The first-order valence-corrected chi connectivity index (χ1v) is 32.4. The minimum absolute atomic E-state index is 0.00665. The molecular weight excluding hydrogens is 1250 g/mol. The van der Waals surface area contributed by atoms with Crippen LogP contribution in [0.1, 0.15) is 58.1 Å². The van der Waals surface area contributed by atoms with E-state index in [4.69, 9.17) is 0 Å². The second kappa shape index (κ2) is 23.2. The summed E-state index contributed by atoms with van der Waals surface area (Å²) in [6.07, 6.45) is -0.729. The van der Waals surface area contributed by atoms with Crippen molar-refractivity contribution in [1.29, 1.82) is 0 Å². The molecule has 0 radical (unpaired) electrons. The number of Topliss-reactive ketones (excluding diaryl/α,β-unsaturated/α-hetero) is 1. The molecule has 5 amide bonds. The number of ketones is 1. The third-order valence-corrected chi connectivity index (χ3v) is 18.0. The lowest BCUT2D eigenvalue weighted by atomic mass is 9.96. The van der Waals surface area contributed by atoms with Crippen LogP contribution >= 0.6 is 0 Å². The van der Waals surface area contributed by atoms with Crippen LogP contribution in [0, 0.1) is 13.8 Å². The van der Waals surface area contributed by atoms with E-state index in [1.807, 2.05) is 0 Å². The number of benzene rings is 8. The molecule has 34 heteroatoms. The van der Waals surface area contributed by atoms with Crippen LogP contribution in [0.25, 0.3) is 21.5 Å². The molecule has 8 aromatic rings. The second-order valence-electron chi connectivity index (χ2n) is 18.6. The molecule has 448 valence electrons. The maximum atomic E-state index is 13.8. The molecule has 0 spiro atoms. The highest BCUT2D eigenvalue weighted by molar-refractivity contribution is 7.88. The van der Waals surface area contributed by atoms with E-state index >= 15 is 0 Å². The number of carbonyl (C=O) groups is 5. The minimum Gasteiger partial charge on any atom is -0.322 e. The molecule has 8 aromatic carbocycles. The summed E-state index contributed by atoms with van der Waals surface area (Å²) in [6, 6.07) is 23.1. The zero-order valence-corrected chi connectivity index (χ0v) is 48.4. The third kappa shape index (κ3) is 14.1. The largest absolute Gasteiger partial charge is 0.323 e. The number of anilines is 5. The number of rotatable bonds is 17. The molecule has 11 N–H and O–H groups in total. The number of carbonyl (C=O) groups excluding carboxylic acids is 5. The highest BCUT2D eigenvalue weighted by atomic mass is 32.2. The second-order valence-corrected chi connectivity index (χ2v) is 27.0. The van der Waals surface area contributed by atoms with Gasteiger partial charge in [0.1, 0.15) is 19.6 Å². The molecule has 0 aliphatic rings. The first kappa shape index (κ1) is 63.1. The molecule has 0 unspecified atom stereocenters. The number of hydrogen-bond acceptors (Lipinski definition) is 17. The fourth-order valence-corrected chi connectivity index (χ4v) is 12.8. The standard InChI is InChI=1S/C52H41N5O23S6/c1-26-9-11-28(42(58)21-29-13-15-43(83(69,70)71)37-22-35(81(63,64)65)24-45(47(29)37)85(75,76)77)19-40(26)56-49(59)30-5-3-7-33(17-30)53-52(62)54-34-8-4-6-31(18-34)50(60)57-41-20-32(12-10-27(41)2)51(61)55-39-14-16-44(84(72,73)74)38-23-36(82(66,67)68)25-46(48(38)39)86(78,79)80/h3-20,22-25H,21H2,1-2H3,(H,55,61)(H,56,59)(H,57,60)(H2,53,54,62)(H,63,64,65)(H,66,67,68)(H,69,70,71)(H,72,73,74)(H,75,76,77)(H,78,79,80). The molecule has 0 saturated carbocycles. The molecule has 0 aliphatic heterocycles. The van der Waals surface area contributed by atoms with E-state index in [2.05, 4.69) is 26.6 Å². The molecule has 86 heavy (non-hydrogen) atoms. The Morgan fingerprint density at radius 3 is 1.19 bits per heavy atom. The predicted octanol–water partition coefficient (Wildman–Crippen LogP) is 6.92. The van der Waals surface area contributed by atoms with Crippen molar-refractivity contribution in [1.82, 2.24) is 0 Å². The summed E-state index contributed by atoms with van der Waals surface area (Å²) in [4.78, 5) is 61.1. The van der Waals surface area contributed by atoms with E-state index in [9.17, 15) is 102 Å². The fourth-order valence-electron chi connectivity index (χ4n) is 8.72. The van der Waals surface area contributed by atoms with Gasteiger partial charge in [0, 0.05) is 73.0 Å². The van der Waals surface area contributed by atoms with Gasteiger partial charge in [0.25, 0.3) is 78.4 Å². The van der Waals surface area contributed by atoms with Gasteiger partial charge in [-0.15, -0.1) is 0 Å². The van der Waals surface area contributed by atoms with Gasteiger partial charge >= 0.3 is 6.03 Å². The zero-order valence-electron chi connectivity index (χ0n) is 43.5. The maximum Gasteiger partial charge on any atom is 0.323 e. The van der Waals surface area contributed by atoms with Crippen LogP contribution < -0.4 is 26.6 Å². The van der Waals surface area contributed by atoms with Crippen LogP contribution in [0.15, 0.2) is 163 Å². The highest BCUT2D eigenvalue weighted by Gasteiger charge is 2.30. The van der Waals surface area contributed by atoms with Gasteiger partial charge in [-0.05, 0) is 128 Å². The van der Waals surface area contributed by atoms with Gasteiger partial charge in [-0.3, -0.25) is 46.5 Å². The van der Waals surface area contributed by atoms with E-state index in [1.165, 1.54) is 84.9 Å². The average Bonchev–Trinajstić information content (AvgIpc) is 0.808. The topological polar surface area (TPSA) is 472 Å². The molecule has 28 nitrogen and oxygen atoms in total. The molecular formula is C52H41N5O23S6. The molecule has 0 bridgehead atoms. The number of urea groups is 1. The number of hydrogen-bond donors (Lipinski definition) is 11. The van der Waals surface area contributed by atoms with Gasteiger partial charge in [-0.25, -0.2) is 4.79 Å². The van der Waals surface area contributed by atoms with Crippen molar-refractivity contribution in [2.45, 2.75) is 49.6 Å². The van der Waals surface area contributed by atoms with E-state index in [-0.39, 0.29) is 50.6 Å². The minimum atomic E-state index is -5.45. The number of amides is 5. The van der Waals surface area contributed by atoms with Crippen molar-refractivity contribution in [3.8, 4) is 0 Å². The summed E-state index contributed by atoms with van der Waals surface area (Å²) in [6.45, 7) is 3.14. The Morgan fingerprint density at radius 1 is 0.360 bits per heavy atom. The van der Waals surface area contributed by atoms with E-state index in [0.717, 1.165) is 18.2 Å². The van der Waals surface area contributed by atoms with Crippen molar-refractivity contribution < 1.29 is 102 Å². The quantitative estimate of drug-likeness (QED) is 0.0325. The molecule has 8 rings (SSSR count). The lowest BCUT2D eigenvalue weighted by Crippen LogP contribution is -2.20. The smallest absolute Gasteiger partial charge is 0.322 e. The molecule has 0 heterocycles. The van der Waals surface area contributed by atoms with Gasteiger partial charge in [-0.2, -0.15) is 50.5 Å². The average molecular weight is 1300 g/mol. The Morgan fingerprint density at radius 2 is 0.744 bits per heavy atom. The molecule has 0 aliphatic carbocycles. The summed E-state index contributed by atoms with van der Waals surface area (Å²) in [5, 5.41) is 9.65. The first-order valence-electron chi connectivity index (χ1n) is 23.8. The predicted molar refractivity (Wildman–Crippen MR) is 307 cm³/mol. The Balaban J connectivity index is 0.946. The maximum absolute atomic E-state index is 13.8. The van der Waals surface area contributed by atoms with Gasteiger partial charge in [0.05, 0.1) is 15.5 Å². The Kier molecular flexibility index (Phi) is 17.0. The Hall–Kier alpha value is -8.91. The third-order valence-electron chi connectivity index (χ3n) is 12.7. The van der Waals surface area contributed by atoms with Crippen molar-refractivity contribution in [2.75, 3.05) is 26.6 Å². The van der Waals surface area contributed by atoms with Gasteiger partial charge in [-0.1, -0.05) is 36.4 Å². The van der Waals surface area contributed by atoms with Crippen molar-refractivity contribution in [3.63, 3.8) is 0 Å². The summed E-state index contributed by atoms with van der Waals surface area (Å²) < 4.78 is 206. The fraction of sp³-hybridized carbons (Fsp3) is 0.0577. The van der Waals surface area contributed by atoms with Gasteiger partial charge in [0.15, 0.2) is 5.78 Å². The molecule has 0 saturated heterocycles. The van der Waals surface area contributed by atoms with E-state index < -0.39 is 153 Å². The lowest BCUT2D eigenvalue weighted by molar-refractivity contribution is 0.0988. The molecule has 0 fully saturated rings. The van der Waals surface area contributed by atoms with Gasteiger partial charge < -0.3 is 26.6 Å². The Labute approximate surface area is 487 Å². The Bertz CT molecular complexity index is 4710. The van der Waals surface area contributed by atoms with Crippen LogP contribution in [0.5, 0.6) is 0 Å². The summed E-state index contributed by atoms with van der Waals surface area (Å²) in [5.74, 6) is -3.29. The monoisotopic (exact) mass is 1300 g/mol. The van der Waals surface area contributed by atoms with E-state index in [1.54, 1.807) is 13.8 Å². The number of aryl methyl sites for hydroxylation is 2. The van der Waals surface area contributed by atoms with Crippen molar-refractivity contribution >= 4 is 140 Å².